The number of halogens is 6. The van der Waals surface area contributed by atoms with E-state index in [9.17, 15) is 43.6 Å². The Bertz CT molecular complexity index is 1980. The predicted molar refractivity (Wildman–Crippen MR) is 168 cm³/mol. The van der Waals surface area contributed by atoms with Crippen LogP contribution in [0.15, 0.2) is 34.3 Å². The highest BCUT2D eigenvalue weighted by molar-refractivity contribution is 8.05. The van der Waals surface area contributed by atoms with Crippen molar-refractivity contribution >= 4 is 48.5 Å². The van der Waals surface area contributed by atoms with Gasteiger partial charge in [0.1, 0.15) is 28.7 Å². The molecule has 0 radical (unpaired) electrons. The van der Waals surface area contributed by atoms with Gasteiger partial charge in [0.2, 0.25) is 11.8 Å². The lowest BCUT2D eigenvalue weighted by molar-refractivity contribution is -0.142. The van der Waals surface area contributed by atoms with Crippen molar-refractivity contribution in [2.75, 3.05) is 24.9 Å². The number of ether oxygens (including phenoxy) is 3. The zero-order valence-electron chi connectivity index (χ0n) is 27.2. The molecular formula is C26H30ClF5N8O9S2. The Morgan fingerprint density at radius 1 is 1.14 bits per heavy atom. The Kier molecular flexibility index (Phi) is 13.0. The van der Waals surface area contributed by atoms with Crippen LogP contribution in [0.5, 0.6) is 17.6 Å². The molecule has 0 unspecified atom stereocenters. The molecule has 0 bridgehead atoms. The summed E-state index contributed by atoms with van der Waals surface area (Å²) < 4.78 is 130. The van der Waals surface area contributed by atoms with Crippen LogP contribution < -0.4 is 24.2 Å². The standard InChI is InChI=1S/C14H16ClN5O5S.C12H14F5N3O4S/c1-9-16-12(19-14(17-9)24-2)18-13(21)20-26(22,23)11-6-4-3-5-10(11)25-8-7-15;1-11(2)4-7(19-24-11)25(21,22)5-6-8(12(15,16)17)18-20(3)9(6)23-10(13)14/h3-6H,7-8H2,1-2H3,(H2,16,17,18,19,20,21);10H,4-5H2,1-3H3. The van der Waals surface area contributed by atoms with Crippen LogP contribution in [0.1, 0.15) is 37.4 Å². The van der Waals surface area contributed by atoms with Crippen LogP contribution in [0.4, 0.5) is 32.7 Å². The molecule has 51 heavy (non-hydrogen) atoms. The lowest BCUT2D eigenvalue weighted by Crippen LogP contribution is -2.35. The number of rotatable bonds is 11. The van der Waals surface area contributed by atoms with E-state index in [0.29, 0.717) is 4.68 Å². The number of methoxy groups -OCH3 is 1. The molecule has 0 spiro atoms. The number of oxime groups is 1. The number of carbonyl (C=O) groups excluding carboxylic acids is 1. The number of para-hydroxylation sites is 1. The topological polar surface area (TPSA) is 215 Å². The number of aryl methyl sites for hydroxylation is 2. The highest BCUT2D eigenvalue weighted by Gasteiger charge is 2.43. The summed E-state index contributed by atoms with van der Waals surface area (Å²) in [5, 5.41) is 8.19. The van der Waals surface area contributed by atoms with Gasteiger partial charge in [0.05, 0.1) is 24.3 Å². The van der Waals surface area contributed by atoms with Gasteiger partial charge in [-0.05, 0) is 32.9 Å². The fourth-order valence-electron chi connectivity index (χ4n) is 4.03. The first kappa shape index (κ1) is 40.8. The highest BCUT2D eigenvalue weighted by Crippen LogP contribution is 2.38. The number of benzene rings is 1. The van der Waals surface area contributed by atoms with E-state index in [4.69, 9.17) is 25.9 Å². The average molecular weight is 793 g/mol. The Balaban J connectivity index is 0.000000276. The Hall–Kier alpha value is -4.58. The smallest absolute Gasteiger partial charge is 0.435 e. The van der Waals surface area contributed by atoms with E-state index in [1.54, 1.807) is 13.0 Å². The average Bonchev–Trinajstić information content (AvgIpc) is 3.54. The molecule has 0 fully saturated rings. The van der Waals surface area contributed by atoms with Crippen molar-refractivity contribution in [3.63, 3.8) is 0 Å². The number of nitrogens with one attached hydrogen (secondary N) is 2. The second kappa shape index (κ2) is 16.2. The Morgan fingerprint density at radius 3 is 2.37 bits per heavy atom. The molecule has 1 aromatic carbocycles. The summed E-state index contributed by atoms with van der Waals surface area (Å²) in [5.41, 5.74) is -3.57. The largest absolute Gasteiger partial charge is 0.491 e. The summed E-state index contributed by atoms with van der Waals surface area (Å²) in [4.78, 5) is 28.3. The molecule has 4 rings (SSSR count). The SMILES string of the molecule is COc1nc(C)nc(NC(=O)NS(=O)(=O)c2ccccc2OCCCl)n1.Cn1nc(C(F)(F)F)c(CS(=O)(=O)C2=NOC(C)(C)C2)c1OC(F)F. The van der Waals surface area contributed by atoms with Gasteiger partial charge in [-0.15, -0.1) is 11.6 Å². The number of hydrogen-bond donors (Lipinski definition) is 2. The van der Waals surface area contributed by atoms with Crippen molar-refractivity contribution in [3.05, 3.63) is 41.3 Å². The van der Waals surface area contributed by atoms with Gasteiger partial charge < -0.3 is 19.0 Å². The number of nitrogens with zero attached hydrogens (tertiary/aromatic N) is 6. The molecule has 0 saturated heterocycles. The maximum absolute atomic E-state index is 13.1. The van der Waals surface area contributed by atoms with Gasteiger partial charge in [0.25, 0.3) is 10.0 Å². The molecule has 2 N–H and O–H groups in total. The van der Waals surface area contributed by atoms with E-state index in [0.717, 1.165) is 7.05 Å². The summed E-state index contributed by atoms with van der Waals surface area (Å²) in [7, 11) is -6.28. The fourth-order valence-corrected chi connectivity index (χ4v) is 6.69. The molecule has 17 nitrogen and oxygen atoms in total. The van der Waals surface area contributed by atoms with Crippen LogP contribution in [-0.4, -0.2) is 84.5 Å². The van der Waals surface area contributed by atoms with Gasteiger partial charge in [-0.2, -0.15) is 42.0 Å². The molecule has 2 amide bonds. The van der Waals surface area contributed by atoms with E-state index < -0.39 is 72.2 Å². The molecule has 282 valence electrons. The van der Waals surface area contributed by atoms with Gasteiger partial charge in [0.15, 0.2) is 20.6 Å². The van der Waals surface area contributed by atoms with Gasteiger partial charge in [-0.1, -0.05) is 17.3 Å². The number of urea groups is 1. The van der Waals surface area contributed by atoms with Crippen molar-refractivity contribution in [2.45, 2.75) is 56.2 Å². The van der Waals surface area contributed by atoms with Crippen LogP contribution in [0.3, 0.4) is 0 Å². The number of hydrogen-bond acceptors (Lipinski definition) is 14. The summed E-state index contributed by atoms with van der Waals surface area (Å²) in [5.74, 6) is -1.85. The maximum Gasteiger partial charge on any atom is 0.435 e. The van der Waals surface area contributed by atoms with Gasteiger partial charge in [0, 0.05) is 13.5 Å². The predicted octanol–water partition coefficient (Wildman–Crippen LogP) is 3.78. The lowest BCUT2D eigenvalue weighted by atomic mass is 10.1. The molecule has 25 heteroatoms. The quantitative estimate of drug-likeness (QED) is 0.209. The number of carbonyl (C=O) groups is 1. The minimum atomic E-state index is -5.06. The summed E-state index contributed by atoms with van der Waals surface area (Å²) >= 11 is 5.55. The molecule has 0 aliphatic carbocycles. The zero-order chi connectivity index (χ0) is 38.4. The normalized spacial score (nSPS) is 14.2. The van der Waals surface area contributed by atoms with E-state index >= 15 is 0 Å². The van der Waals surface area contributed by atoms with Crippen molar-refractivity contribution in [1.29, 1.82) is 0 Å². The molecule has 1 aliphatic rings. The minimum absolute atomic E-state index is 0.0181. The first-order chi connectivity index (χ1) is 23.6. The third-order valence-electron chi connectivity index (χ3n) is 6.06. The number of aromatic nitrogens is 5. The number of sulfonamides is 1. The van der Waals surface area contributed by atoms with Crippen LogP contribution >= 0.6 is 11.6 Å². The molecular weight excluding hydrogens is 763 g/mol. The third-order valence-corrected chi connectivity index (χ3v) is 9.19. The first-order valence-corrected chi connectivity index (χ1v) is 17.7. The van der Waals surface area contributed by atoms with E-state index in [2.05, 4.69) is 35.3 Å². The molecule has 3 heterocycles. The highest BCUT2D eigenvalue weighted by atomic mass is 35.5. The second-order valence-electron chi connectivity index (χ2n) is 10.6. The molecule has 3 aromatic rings. The van der Waals surface area contributed by atoms with Crippen LogP contribution in [0, 0.1) is 6.92 Å². The summed E-state index contributed by atoms with van der Waals surface area (Å²) in [6.45, 7) is 1.30. The number of anilines is 1. The number of sulfone groups is 1. The van der Waals surface area contributed by atoms with Crippen molar-refractivity contribution in [3.8, 4) is 17.6 Å². The zero-order valence-corrected chi connectivity index (χ0v) is 29.5. The molecule has 0 saturated carbocycles. The van der Waals surface area contributed by atoms with Gasteiger partial charge >= 0.3 is 24.8 Å². The summed E-state index contributed by atoms with van der Waals surface area (Å²) in [6.07, 6.45) is -5.22. The second-order valence-corrected chi connectivity index (χ2v) is 14.7. The van der Waals surface area contributed by atoms with Crippen molar-refractivity contribution in [2.24, 2.45) is 12.2 Å². The van der Waals surface area contributed by atoms with E-state index in [-0.39, 0.29) is 47.3 Å². The van der Waals surface area contributed by atoms with Crippen LogP contribution in [-0.2, 0) is 43.7 Å². The van der Waals surface area contributed by atoms with Gasteiger partial charge in [-0.25, -0.2) is 31.0 Å². The molecule has 1 aliphatic heterocycles. The third kappa shape index (κ3) is 11.2. The maximum atomic E-state index is 13.1. The van der Waals surface area contributed by atoms with E-state index in [1.807, 2.05) is 4.72 Å². The molecule has 0 atom stereocenters. The summed E-state index contributed by atoms with van der Waals surface area (Å²) in [6, 6.07) is 4.79. The number of amides is 2. The Labute approximate surface area is 292 Å². The lowest BCUT2D eigenvalue weighted by Gasteiger charge is -2.13. The Morgan fingerprint density at radius 2 is 1.80 bits per heavy atom. The van der Waals surface area contributed by atoms with Crippen LogP contribution in [0.2, 0.25) is 0 Å². The van der Waals surface area contributed by atoms with Crippen molar-refractivity contribution in [1.82, 2.24) is 29.5 Å². The monoisotopic (exact) mass is 792 g/mol. The first-order valence-electron chi connectivity index (χ1n) is 14.0. The minimum Gasteiger partial charge on any atom is -0.491 e. The van der Waals surface area contributed by atoms with E-state index in [1.165, 1.54) is 39.2 Å². The number of alkyl halides is 6. The van der Waals surface area contributed by atoms with Crippen molar-refractivity contribution < 1.29 is 62.6 Å². The molecule has 2 aromatic heterocycles. The fraction of sp³-hybridized carbons (Fsp3) is 0.462. The van der Waals surface area contributed by atoms with Crippen LogP contribution in [0.25, 0.3) is 0 Å². The van der Waals surface area contributed by atoms with Gasteiger partial charge in [-0.3, -0.25) is 5.32 Å².